The van der Waals surface area contributed by atoms with Gasteiger partial charge in [0.05, 0.1) is 5.57 Å². The van der Waals surface area contributed by atoms with Crippen LogP contribution in [0.4, 0.5) is 13.2 Å². The maximum Gasteiger partial charge on any atom is 0.416 e. The van der Waals surface area contributed by atoms with E-state index in [1.54, 1.807) is 13.0 Å². The molecule has 1 aliphatic carbocycles. The molecule has 0 aliphatic heterocycles. The lowest BCUT2D eigenvalue weighted by Gasteiger charge is -2.07. The molecule has 13 heavy (non-hydrogen) atoms. The fourth-order valence-electron chi connectivity index (χ4n) is 1.05. The van der Waals surface area contributed by atoms with E-state index in [0.717, 1.165) is 6.08 Å². The Bertz CT molecular complexity index is 284. The maximum atomic E-state index is 12.3. The average Bonchev–Trinajstić information content (AvgIpc) is 2.09. The molecule has 72 valence electrons. The van der Waals surface area contributed by atoms with E-state index in [1.807, 2.05) is 0 Å². The van der Waals surface area contributed by atoms with Crippen molar-refractivity contribution in [1.29, 1.82) is 0 Å². The topological polar surface area (TPSA) is 0 Å². The molecule has 1 aliphatic rings. The minimum atomic E-state index is -4.25. The molecule has 0 radical (unpaired) electrons. The Morgan fingerprint density at radius 2 is 1.85 bits per heavy atom. The number of alkyl halides is 3. The van der Waals surface area contributed by atoms with E-state index in [0.29, 0.717) is 4.48 Å². The molecule has 0 amide bonds. The van der Waals surface area contributed by atoms with Crippen molar-refractivity contribution in [3.8, 4) is 0 Å². The molecule has 0 spiro atoms. The molecular formula is C9H8BrF3. The summed E-state index contributed by atoms with van der Waals surface area (Å²) < 4.78 is 37.5. The van der Waals surface area contributed by atoms with Crippen molar-refractivity contribution >= 4 is 15.9 Å². The van der Waals surface area contributed by atoms with Gasteiger partial charge in [0.1, 0.15) is 0 Å². The smallest absolute Gasteiger partial charge is 0.166 e. The first-order chi connectivity index (χ1) is 5.89. The number of hydrogen-bond acceptors (Lipinski definition) is 0. The zero-order chi connectivity index (χ0) is 10.1. The Labute approximate surface area is 82.9 Å². The highest BCUT2D eigenvalue weighted by Gasteiger charge is 2.32. The number of hydrogen-bond donors (Lipinski definition) is 0. The van der Waals surface area contributed by atoms with Crippen molar-refractivity contribution in [3.63, 3.8) is 0 Å². The maximum absolute atomic E-state index is 12.3. The van der Waals surface area contributed by atoms with Gasteiger partial charge in [-0.2, -0.15) is 13.2 Å². The third kappa shape index (κ3) is 3.03. The van der Waals surface area contributed by atoms with Gasteiger partial charge in [0.15, 0.2) is 0 Å². The predicted molar refractivity (Wildman–Crippen MR) is 49.5 cm³/mol. The molecular weight excluding hydrogens is 245 g/mol. The molecule has 0 saturated heterocycles. The number of allylic oxidation sites excluding steroid dienone is 6. The Morgan fingerprint density at radius 3 is 2.38 bits per heavy atom. The van der Waals surface area contributed by atoms with Gasteiger partial charge in [-0.05, 0) is 18.1 Å². The molecule has 0 saturated carbocycles. The summed E-state index contributed by atoms with van der Waals surface area (Å²) in [6.45, 7) is 1.71. The zero-order valence-electron chi connectivity index (χ0n) is 6.90. The van der Waals surface area contributed by atoms with E-state index in [4.69, 9.17) is 0 Å². The molecule has 0 fully saturated rings. The molecule has 4 heteroatoms. The van der Waals surface area contributed by atoms with Crippen molar-refractivity contribution in [1.82, 2.24) is 0 Å². The Morgan fingerprint density at radius 1 is 1.23 bits per heavy atom. The molecule has 0 aromatic carbocycles. The minimum Gasteiger partial charge on any atom is -0.166 e. The highest BCUT2D eigenvalue weighted by Crippen LogP contribution is 2.30. The molecule has 1 atom stereocenters. The second kappa shape index (κ2) is 3.70. The van der Waals surface area contributed by atoms with Crippen LogP contribution in [0.2, 0.25) is 0 Å². The highest BCUT2D eigenvalue weighted by molar-refractivity contribution is 9.11. The molecule has 1 rings (SSSR count). The highest BCUT2D eigenvalue weighted by atomic mass is 79.9. The lowest BCUT2D eigenvalue weighted by molar-refractivity contribution is -0.0885. The monoisotopic (exact) mass is 252 g/mol. The largest absolute Gasteiger partial charge is 0.416 e. The van der Waals surface area contributed by atoms with Gasteiger partial charge in [-0.15, -0.1) is 0 Å². The second-order valence-corrected chi connectivity index (χ2v) is 3.78. The summed E-state index contributed by atoms with van der Waals surface area (Å²) in [7, 11) is 0. The SMILES string of the molecule is CC1C=C(Br)C=CC(C(F)(F)F)=C1. The average molecular weight is 253 g/mol. The van der Waals surface area contributed by atoms with E-state index >= 15 is 0 Å². The van der Waals surface area contributed by atoms with Crippen molar-refractivity contribution in [3.05, 3.63) is 34.4 Å². The van der Waals surface area contributed by atoms with Crippen LogP contribution >= 0.6 is 15.9 Å². The first kappa shape index (κ1) is 10.6. The Kier molecular flexibility index (Phi) is 3.01. The summed E-state index contributed by atoms with van der Waals surface area (Å²) in [4.78, 5) is 0. The Hall–Kier alpha value is -0.510. The Balaban J connectivity index is 2.97. The third-order valence-electron chi connectivity index (χ3n) is 1.61. The van der Waals surface area contributed by atoms with Gasteiger partial charge in [0.25, 0.3) is 0 Å². The van der Waals surface area contributed by atoms with Gasteiger partial charge >= 0.3 is 6.18 Å². The second-order valence-electron chi connectivity index (χ2n) is 2.86. The fraction of sp³-hybridized carbons (Fsp3) is 0.333. The van der Waals surface area contributed by atoms with Gasteiger partial charge in [-0.3, -0.25) is 0 Å². The van der Waals surface area contributed by atoms with Gasteiger partial charge in [-0.25, -0.2) is 0 Å². The van der Waals surface area contributed by atoms with E-state index in [2.05, 4.69) is 15.9 Å². The van der Waals surface area contributed by atoms with E-state index in [-0.39, 0.29) is 5.92 Å². The van der Waals surface area contributed by atoms with Crippen LogP contribution in [-0.2, 0) is 0 Å². The summed E-state index contributed by atoms with van der Waals surface area (Å²) >= 11 is 3.15. The van der Waals surface area contributed by atoms with Crippen LogP contribution in [0.3, 0.4) is 0 Å². The summed E-state index contributed by atoms with van der Waals surface area (Å²) in [5.41, 5.74) is -0.592. The van der Waals surface area contributed by atoms with Gasteiger partial charge in [-0.1, -0.05) is 35.0 Å². The zero-order valence-corrected chi connectivity index (χ0v) is 8.48. The molecule has 0 nitrogen and oxygen atoms in total. The van der Waals surface area contributed by atoms with Crippen LogP contribution in [0.5, 0.6) is 0 Å². The van der Waals surface area contributed by atoms with E-state index in [1.165, 1.54) is 12.2 Å². The predicted octanol–water partition coefficient (Wildman–Crippen LogP) is 3.96. The molecule has 0 bridgehead atoms. The normalized spacial score (nSPS) is 23.6. The van der Waals surface area contributed by atoms with Crippen LogP contribution in [0.1, 0.15) is 6.92 Å². The van der Waals surface area contributed by atoms with Crippen molar-refractivity contribution in [2.24, 2.45) is 5.92 Å². The minimum absolute atomic E-state index is 0.207. The third-order valence-corrected chi connectivity index (χ3v) is 2.14. The fourth-order valence-corrected chi connectivity index (χ4v) is 1.60. The lowest BCUT2D eigenvalue weighted by Crippen LogP contribution is -2.10. The standard InChI is InChI=1S/C9H8BrF3/c1-6-4-7(9(11,12)13)2-3-8(10)5-6/h2-6H,1H3. The van der Waals surface area contributed by atoms with Crippen molar-refractivity contribution in [2.45, 2.75) is 13.1 Å². The van der Waals surface area contributed by atoms with Crippen molar-refractivity contribution < 1.29 is 13.2 Å². The summed E-state index contributed by atoms with van der Waals surface area (Å²) in [5, 5.41) is 0. The molecule has 0 aromatic rings. The first-order valence-corrected chi connectivity index (χ1v) is 4.53. The lowest BCUT2D eigenvalue weighted by atomic mass is 10.1. The van der Waals surface area contributed by atoms with Gasteiger partial charge < -0.3 is 0 Å². The molecule has 1 unspecified atom stereocenters. The first-order valence-electron chi connectivity index (χ1n) is 3.74. The number of rotatable bonds is 0. The summed E-state index contributed by atoms with van der Waals surface area (Å²) in [5.74, 6) is -0.207. The van der Waals surface area contributed by atoms with Crippen LogP contribution in [0, 0.1) is 5.92 Å². The van der Waals surface area contributed by atoms with E-state index in [9.17, 15) is 13.2 Å². The molecule has 0 N–H and O–H groups in total. The quantitative estimate of drug-likeness (QED) is 0.613. The summed E-state index contributed by atoms with van der Waals surface area (Å²) in [6, 6.07) is 0. The van der Waals surface area contributed by atoms with Crippen LogP contribution in [0.15, 0.2) is 34.4 Å². The van der Waals surface area contributed by atoms with Gasteiger partial charge in [0, 0.05) is 4.48 Å². The van der Waals surface area contributed by atoms with Crippen LogP contribution < -0.4 is 0 Å². The molecule has 0 heterocycles. The molecule has 0 aromatic heterocycles. The van der Waals surface area contributed by atoms with Crippen LogP contribution in [0.25, 0.3) is 0 Å². The van der Waals surface area contributed by atoms with Crippen molar-refractivity contribution in [2.75, 3.05) is 0 Å². The van der Waals surface area contributed by atoms with Crippen LogP contribution in [-0.4, -0.2) is 6.18 Å². The summed E-state index contributed by atoms with van der Waals surface area (Å²) in [6.07, 6.45) is 1.14. The van der Waals surface area contributed by atoms with E-state index < -0.39 is 11.7 Å². The number of halogens is 4. The van der Waals surface area contributed by atoms with Gasteiger partial charge in [0.2, 0.25) is 0 Å².